The van der Waals surface area contributed by atoms with Gasteiger partial charge in [0.05, 0.1) is 7.11 Å². The Balaban J connectivity index is 2.12. The van der Waals surface area contributed by atoms with Crippen LogP contribution in [-0.2, 0) is 11.3 Å². The topological polar surface area (TPSA) is 39.7 Å². The lowest BCUT2D eigenvalue weighted by molar-refractivity contribution is 0.0202. The molecule has 1 aliphatic carbocycles. The second kappa shape index (κ2) is 6.98. The fraction of sp³-hybridized carbons (Fsp3) is 0.571. The smallest absolute Gasteiger partial charge is 0.189 e. The first-order valence-corrected chi connectivity index (χ1v) is 6.92. The van der Waals surface area contributed by atoms with Gasteiger partial charge in [0, 0.05) is 35.8 Å². The Kier molecular flexibility index (Phi) is 5.31. The van der Waals surface area contributed by atoms with E-state index in [1.54, 1.807) is 13.2 Å². The van der Waals surface area contributed by atoms with Gasteiger partial charge in [-0.3, -0.25) is 0 Å². The molecule has 0 spiro atoms. The van der Waals surface area contributed by atoms with E-state index in [0.29, 0.717) is 29.2 Å². The number of ether oxygens (including phenoxy) is 3. The summed E-state index contributed by atoms with van der Waals surface area (Å²) in [6.07, 6.45) is 2.49. The van der Waals surface area contributed by atoms with Crippen LogP contribution >= 0.6 is 11.6 Å². The van der Waals surface area contributed by atoms with Gasteiger partial charge in [0.15, 0.2) is 18.3 Å². The van der Waals surface area contributed by atoms with Gasteiger partial charge in [-0.05, 0) is 25.8 Å². The van der Waals surface area contributed by atoms with Gasteiger partial charge >= 0.3 is 0 Å². The summed E-state index contributed by atoms with van der Waals surface area (Å²) < 4.78 is 16.2. The summed E-state index contributed by atoms with van der Waals surface area (Å²) in [6.45, 7) is 3.48. The van der Waals surface area contributed by atoms with Crippen molar-refractivity contribution in [1.82, 2.24) is 5.32 Å². The lowest BCUT2D eigenvalue weighted by Crippen LogP contribution is -2.17. The van der Waals surface area contributed by atoms with Crippen molar-refractivity contribution in [3.05, 3.63) is 22.7 Å². The fourth-order valence-corrected chi connectivity index (χ4v) is 2.03. The Morgan fingerprint density at radius 2 is 2.16 bits per heavy atom. The highest BCUT2D eigenvalue weighted by atomic mass is 35.5. The normalized spacial score (nSPS) is 14.5. The van der Waals surface area contributed by atoms with Crippen molar-refractivity contribution in [2.75, 3.05) is 20.5 Å². The number of nitrogens with one attached hydrogen (secondary N) is 1. The molecule has 2 rings (SSSR count). The van der Waals surface area contributed by atoms with E-state index in [-0.39, 0.29) is 6.79 Å². The summed E-state index contributed by atoms with van der Waals surface area (Å²) in [4.78, 5) is 0. The van der Waals surface area contributed by atoms with Gasteiger partial charge in [0.2, 0.25) is 0 Å². The molecule has 1 fully saturated rings. The van der Waals surface area contributed by atoms with Crippen molar-refractivity contribution < 1.29 is 14.2 Å². The lowest BCUT2D eigenvalue weighted by Gasteiger charge is -2.16. The third kappa shape index (κ3) is 4.27. The Bertz CT molecular complexity index is 421. The molecule has 1 aromatic rings. The van der Waals surface area contributed by atoms with E-state index in [0.717, 1.165) is 12.1 Å². The summed E-state index contributed by atoms with van der Waals surface area (Å²) in [6, 6.07) is 4.29. The predicted octanol–water partition coefficient (Wildman–Crippen LogP) is 2.97. The van der Waals surface area contributed by atoms with Gasteiger partial charge < -0.3 is 19.5 Å². The average molecular weight is 286 g/mol. The van der Waals surface area contributed by atoms with Crippen LogP contribution in [0.3, 0.4) is 0 Å². The summed E-state index contributed by atoms with van der Waals surface area (Å²) in [7, 11) is 1.61. The standard InChI is InChI=1S/C14H20ClNO3/c1-3-18-9-19-14-10(8-16-12-4-5-12)6-11(15)7-13(14)17-2/h6-7,12,16H,3-5,8-9H2,1-2H3. The third-order valence-corrected chi connectivity index (χ3v) is 3.18. The highest BCUT2D eigenvalue weighted by Crippen LogP contribution is 2.35. The van der Waals surface area contributed by atoms with Gasteiger partial charge in [0.1, 0.15) is 0 Å². The molecule has 0 radical (unpaired) electrons. The van der Waals surface area contributed by atoms with Crippen LogP contribution in [0.5, 0.6) is 11.5 Å². The van der Waals surface area contributed by atoms with E-state index in [9.17, 15) is 0 Å². The first kappa shape index (κ1) is 14.4. The molecule has 5 heteroatoms. The first-order valence-electron chi connectivity index (χ1n) is 6.55. The molecule has 1 aromatic carbocycles. The number of halogens is 1. The van der Waals surface area contributed by atoms with Crippen LogP contribution in [0.15, 0.2) is 12.1 Å². The van der Waals surface area contributed by atoms with Crippen molar-refractivity contribution in [3.8, 4) is 11.5 Å². The third-order valence-electron chi connectivity index (χ3n) is 2.97. The molecule has 4 nitrogen and oxygen atoms in total. The largest absolute Gasteiger partial charge is 0.493 e. The highest BCUT2D eigenvalue weighted by Gasteiger charge is 2.21. The van der Waals surface area contributed by atoms with Crippen LogP contribution in [-0.4, -0.2) is 26.6 Å². The molecule has 0 saturated heterocycles. The number of benzene rings is 1. The van der Waals surface area contributed by atoms with Crippen LogP contribution in [0.4, 0.5) is 0 Å². The Labute approximate surface area is 119 Å². The van der Waals surface area contributed by atoms with Gasteiger partial charge in [-0.15, -0.1) is 0 Å². The summed E-state index contributed by atoms with van der Waals surface area (Å²) >= 11 is 6.10. The first-order chi connectivity index (χ1) is 9.24. The minimum Gasteiger partial charge on any atom is -0.493 e. The van der Waals surface area contributed by atoms with Crippen LogP contribution in [0.2, 0.25) is 5.02 Å². The SMILES string of the molecule is CCOCOc1c(CNC2CC2)cc(Cl)cc1OC. The van der Waals surface area contributed by atoms with Gasteiger partial charge in [-0.25, -0.2) is 0 Å². The molecule has 1 saturated carbocycles. The minimum atomic E-state index is 0.213. The molecule has 0 atom stereocenters. The molecule has 19 heavy (non-hydrogen) atoms. The molecule has 106 valence electrons. The molecule has 0 aromatic heterocycles. The van der Waals surface area contributed by atoms with E-state index in [2.05, 4.69) is 5.32 Å². The second-order valence-electron chi connectivity index (χ2n) is 4.51. The molecular weight excluding hydrogens is 266 g/mol. The zero-order valence-electron chi connectivity index (χ0n) is 11.4. The number of hydrogen-bond donors (Lipinski definition) is 1. The van der Waals surface area contributed by atoms with Crippen molar-refractivity contribution in [2.45, 2.75) is 32.4 Å². The van der Waals surface area contributed by atoms with Crippen molar-refractivity contribution in [1.29, 1.82) is 0 Å². The van der Waals surface area contributed by atoms with Crippen molar-refractivity contribution in [2.24, 2.45) is 0 Å². The Morgan fingerprint density at radius 3 is 2.79 bits per heavy atom. The van der Waals surface area contributed by atoms with E-state index in [4.69, 9.17) is 25.8 Å². The molecule has 0 heterocycles. The van der Waals surface area contributed by atoms with Crippen molar-refractivity contribution in [3.63, 3.8) is 0 Å². The Morgan fingerprint density at radius 1 is 1.37 bits per heavy atom. The average Bonchev–Trinajstić information content (AvgIpc) is 3.22. The number of hydrogen-bond acceptors (Lipinski definition) is 4. The maximum absolute atomic E-state index is 6.10. The maximum atomic E-state index is 6.10. The minimum absolute atomic E-state index is 0.213. The summed E-state index contributed by atoms with van der Waals surface area (Å²) in [5.74, 6) is 1.34. The molecule has 0 unspecified atom stereocenters. The summed E-state index contributed by atoms with van der Waals surface area (Å²) in [5.41, 5.74) is 0.996. The Hall–Kier alpha value is -0.970. The van der Waals surface area contributed by atoms with E-state index in [1.807, 2.05) is 13.0 Å². The van der Waals surface area contributed by atoms with Crippen LogP contribution < -0.4 is 14.8 Å². The van der Waals surface area contributed by atoms with Crippen LogP contribution in [0.25, 0.3) is 0 Å². The van der Waals surface area contributed by atoms with Crippen LogP contribution in [0.1, 0.15) is 25.3 Å². The highest BCUT2D eigenvalue weighted by molar-refractivity contribution is 6.30. The number of rotatable bonds is 8. The van der Waals surface area contributed by atoms with Gasteiger partial charge in [0.25, 0.3) is 0 Å². The summed E-state index contributed by atoms with van der Waals surface area (Å²) in [5, 5.41) is 4.09. The maximum Gasteiger partial charge on any atom is 0.189 e. The zero-order chi connectivity index (χ0) is 13.7. The molecule has 0 amide bonds. The predicted molar refractivity (Wildman–Crippen MR) is 75.0 cm³/mol. The van der Waals surface area contributed by atoms with Gasteiger partial charge in [-0.2, -0.15) is 0 Å². The molecule has 1 N–H and O–H groups in total. The molecular formula is C14H20ClNO3. The zero-order valence-corrected chi connectivity index (χ0v) is 12.1. The van der Waals surface area contributed by atoms with E-state index < -0.39 is 0 Å². The monoisotopic (exact) mass is 285 g/mol. The second-order valence-corrected chi connectivity index (χ2v) is 4.94. The van der Waals surface area contributed by atoms with Crippen LogP contribution in [0, 0.1) is 0 Å². The lowest BCUT2D eigenvalue weighted by atomic mass is 10.2. The molecule has 1 aliphatic rings. The molecule has 0 aliphatic heterocycles. The van der Waals surface area contributed by atoms with Crippen molar-refractivity contribution >= 4 is 11.6 Å². The van der Waals surface area contributed by atoms with E-state index >= 15 is 0 Å². The van der Waals surface area contributed by atoms with Gasteiger partial charge in [-0.1, -0.05) is 11.6 Å². The quantitative estimate of drug-likeness (QED) is 0.589. The number of methoxy groups -OCH3 is 1. The molecule has 0 bridgehead atoms. The fourth-order valence-electron chi connectivity index (χ4n) is 1.80. The van der Waals surface area contributed by atoms with E-state index in [1.165, 1.54) is 12.8 Å².